The topological polar surface area (TPSA) is 80.0 Å². The molecule has 1 aliphatic rings. The van der Waals surface area contributed by atoms with E-state index in [4.69, 9.17) is 0 Å². The number of rotatable bonds is 3. The van der Waals surface area contributed by atoms with Crippen LogP contribution in [0.15, 0.2) is 36.9 Å². The number of anilines is 1. The van der Waals surface area contributed by atoms with Crippen LogP contribution in [0.4, 0.5) is 5.95 Å². The van der Waals surface area contributed by atoms with Gasteiger partial charge in [0.05, 0.1) is 11.8 Å². The first kappa shape index (κ1) is 16.4. The minimum absolute atomic E-state index is 0.00493. The molecule has 1 saturated heterocycles. The minimum Gasteiger partial charge on any atom is -0.337 e. The van der Waals surface area contributed by atoms with Gasteiger partial charge in [-0.05, 0) is 26.0 Å². The van der Waals surface area contributed by atoms with Crippen LogP contribution in [0.5, 0.6) is 0 Å². The lowest BCUT2D eigenvalue weighted by Crippen LogP contribution is -2.49. The Bertz CT molecular complexity index is 914. The lowest BCUT2D eigenvalue weighted by Gasteiger charge is -2.34. The summed E-state index contributed by atoms with van der Waals surface area (Å²) in [5, 5.41) is 5.25. The van der Waals surface area contributed by atoms with Crippen LogP contribution < -0.4 is 4.90 Å². The quantitative estimate of drug-likeness (QED) is 0.715. The van der Waals surface area contributed by atoms with Crippen molar-refractivity contribution in [3.05, 3.63) is 42.5 Å². The Morgan fingerprint density at radius 2 is 1.77 bits per heavy atom. The molecule has 8 nitrogen and oxygen atoms in total. The van der Waals surface area contributed by atoms with Crippen LogP contribution in [-0.2, 0) is 0 Å². The third-order valence-electron chi connectivity index (χ3n) is 4.57. The zero-order valence-electron chi connectivity index (χ0n) is 14.9. The molecule has 4 heterocycles. The van der Waals surface area contributed by atoms with Crippen molar-refractivity contribution in [3.63, 3.8) is 0 Å². The van der Waals surface area contributed by atoms with Gasteiger partial charge in [-0.1, -0.05) is 0 Å². The van der Waals surface area contributed by atoms with E-state index in [0.717, 1.165) is 24.1 Å². The van der Waals surface area contributed by atoms with Crippen LogP contribution in [0, 0.1) is 0 Å². The van der Waals surface area contributed by atoms with Gasteiger partial charge in [-0.15, -0.1) is 0 Å². The minimum atomic E-state index is 0.00493. The zero-order chi connectivity index (χ0) is 18.1. The fraction of sp³-hybridized carbons (Fsp3) is 0.389. The number of hydrogen-bond donors (Lipinski definition) is 0. The number of amides is 1. The molecule has 1 amide bonds. The van der Waals surface area contributed by atoms with Crippen molar-refractivity contribution in [1.82, 2.24) is 29.6 Å². The fourth-order valence-corrected chi connectivity index (χ4v) is 3.18. The highest BCUT2D eigenvalue weighted by molar-refractivity contribution is 5.97. The molecule has 0 N–H and O–H groups in total. The van der Waals surface area contributed by atoms with E-state index in [9.17, 15) is 4.79 Å². The lowest BCUT2D eigenvalue weighted by molar-refractivity contribution is 0.0746. The summed E-state index contributed by atoms with van der Waals surface area (Å²) in [6.45, 7) is 6.83. The van der Waals surface area contributed by atoms with Crippen molar-refractivity contribution < 1.29 is 4.79 Å². The van der Waals surface area contributed by atoms with E-state index >= 15 is 0 Å². The fourth-order valence-electron chi connectivity index (χ4n) is 3.18. The van der Waals surface area contributed by atoms with E-state index in [1.807, 2.05) is 15.6 Å². The predicted octanol–water partition coefficient (Wildman–Crippen LogP) is 1.76. The van der Waals surface area contributed by atoms with Gasteiger partial charge in [-0.25, -0.2) is 19.6 Å². The molecular formula is C18H21N7O. The number of carbonyl (C=O) groups excluding carboxylic acids is 1. The number of carbonyl (C=O) groups is 1. The Hall–Kier alpha value is -3.03. The van der Waals surface area contributed by atoms with Gasteiger partial charge in [0.25, 0.3) is 5.91 Å². The summed E-state index contributed by atoms with van der Waals surface area (Å²) in [6.07, 6.45) is 6.89. The molecule has 1 aliphatic heterocycles. The number of nitrogens with zero attached hydrogens (tertiary/aromatic N) is 7. The molecule has 0 atom stereocenters. The Morgan fingerprint density at radius 1 is 1.04 bits per heavy atom. The number of piperazine rings is 1. The Labute approximate surface area is 151 Å². The molecule has 0 aliphatic carbocycles. The number of fused-ring (bicyclic) bond motifs is 1. The number of hydrogen-bond acceptors (Lipinski definition) is 6. The monoisotopic (exact) mass is 351 g/mol. The molecule has 0 aromatic carbocycles. The average molecular weight is 351 g/mol. The van der Waals surface area contributed by atoms with E-state index in [1.165, 1.54) is 0 Å². The summed E-state index contributed by atoms with van der Waals surface area (Å²) in [5.41, 5.74) is 1.41. The SMILES string of the molecule is CC(C)n1ncc2cc(C(=O)N3CCN(c4ncccn4)CC3)cnc21. The molecule has 8 heteroatoms. The highest BCUT2D eigenvalue weighted by Crippen LogP contribution is 2.18. The van der Waals surface area contributed by atoms with Crippen molar-refractivity contribution in [3.8, 4) is 0 Å². The summed E-state index contributed by atoms with van der Waals surface area (Å²) in [6, 6.07) is 3.91. The molecule has 0 unspecified atom stereocenters. The van der Waals surface area contributed by atoms with Gasteiger partial charge in [0.1, 0.15) is 0 Å². The van der Waals surface area contributed by atoms with Gasteiger partial charge in [0.2, 0.25) is 5.95 Å². The van der Waals surface area contributed by atoms with E-state index < -0.39 is 0 Å². The van der Waals surface area contributed by atoms with Gasteiger partial charge in [0, 0.05) is 56.2 Å². The van der Waals surface area contributed by atoms with E-state index in [1.54, 1.807) is 30.9 Å². The van der Waals surface area contributed by atoms with Crippen LogP contribution >= 0.6 is 0 Å². The van der Waals surface area contributed by atoms with Gasteiger partial charge < -0.3 is 9.80 Å². The molecule has 26 heavy (non-hydrogen) atoms. The summed E-state index contributed by atoms with van der Waals surface area (Å²) in [5.74, 6) is 0.717. The molecule has 0 radical (unpaired) electrons. The second-order valence-electron chi connectivity index (χ2n) is 6.65. The van der Waals surface area contributed by atoms with Crippen molar-refractivity contribution >= 4 is 22.9 Å². The van der Waals surface area contributed by atoms with Crippen LogP contribution in [0.1, 0.15) is 30.2 Å². The molecule has 0 bridgehead atoms. The molecule has 0 saturated carbocycles. The second kappa shape index (κ2) is 6.70. The maximum Gasteiger partial charge on any atom is 0.255 e. The Balaban J connectivity index is 1.47. The summed E-state index contributed by atoms with van der Waals surface area (Å²) in [7, 11) is 0. The average Bonchev–Trinajstić information content (AvgIpc) is 3.12. The first-order valence-electron chi connectivity index (χ1n) is 8.78. The van der Waals surface area contributed by atoms with Crippen molar-refractivity contribution in [1.29, 1.82) is 0 Å². The number of pyridine rings is 1. The molecule has 3 aromatic rings. The van der Waals surface area contributed by atoms with Crippen LogP contribution in [0.3, 0.4) is 0 Å². The maximum atomic E-state index is 12.8. The summed E-state index contributed by atoms with van der Waals surface area (Å²) in [4.78, 5) is 29.8. The molecule has 134 valence electrons. The molecule has 3 aromatic heterocycles. The van der Waals surface area contributed by atoms with Crippen LogP contribution in [-0.4, -0.2) is 61.7 Å². The van der Waals surface area contributed by atoms with Crippen LogP contribution in [0.25, 0.3) is 11.0 Å². The third-order valence-corrected chi connectivity index (χ3v) is 4.57. The van der Waals surface area contributed by atoms with Crippen molar-refractivity contribution in [2.45, 2.75) is 19.9 Å². The highest BCUT2D eigenvalue weighted by Gasteiger charge is 2.24. The Morgan fingerprint density at radius 3 is 2.46 bits per heavy atom. The largest absolute Gasteiger partial charge is 0.337 e. The van der Waals surface area contributed by atoms with Crippen molar-refractivity contribution in [2.24, 2.45) is 0 Å². The van der Waals surface area contributed by atoms with Gasteiger partial charge in [-0.2, -0.15) is 5.10 Å². The smallest absolute Gasteiger partial charge is 0.255 e. The lowest BCUT2D eigenvalue weighted by atomic mass is 10.2. The number of aromatic nitrogens is 5. The van der Waals surface area contributed by atoms with Gasteiger partial charge >= 0.3 is 0 Å². The normalized spacial score (nSPS) is 15.0. The molecule has 1 fully saturated rings. The molecular weight excluding hydrogens is 330 g/mol. The summed E-state index contributed by atoms with van der Waals surface area (Å²) >= 11 is 0. The van der Waals surface area contributed by atoms with Gasteiger partial charge in [-0.3, -0.25) is 4.79 Å². The Kier molecular flexibility index (Phi) is 4.24. The first-order chi connectivity index (χ1) is 12.6. The van der Waals surface area contributed by atoms with E-state index in [-0.39, 0.29) is 11.9 Å². The van der Waals surface area contributed by atoms with E-state index in [2.05, 4.69) is 38.8 Å². The van der Waals surface area contributed by atoms with E-state index in [0.29, 0.717) is 24.6 Å². The second-order valence-corrected chi connectivity index (χ2v) is 6.65. The maximum absolute atomic E-state index is 12.8. The zero-order valence-corrected chi connectivity index (χ0v) is 14.9. The third kappa shape index (κ3) is 2.98. The van der Waals surface area contributed by atoms with Gasteiger partial charge in [0.15, 0.2) is 5.65 Å². The molecule has 4 rings (SSSR count). The van der Waals surface area contributed by atoms with Crippen molar-refractivity contribution in [2.75, 3.05) is 31.1 Å². The summed E-state index contributed by atoms with van der Waals surface area (Å²) < 4.78 is 1.86. The molecule has 0 spiro atoms. The standard InChI is InChI=1S/C18H21N7O/c1-13(2)25-16-14(12-22-25)10-15(11-21-16)17(26)23-6-8-24(9-7-23)18-19-4-3-5-20-18/h3-5,10-13H,6-9H2,1-2H3. The highest BCUT2D eigenvalue weighted by atomic mass is 16.2. The first-order valence-corrected chi connectivity index (χ1v) is 8.78. The van der Waals surface area contributed by atoms with Crippen LogP contribution in [0.2, 0.25) is 0 Å². The predicted molar refractivity (Wildman–Crippen MR) is 98.1 cm³/mol.